The Labute approximate surface area is 97.4 Å². The Balaban J connectivity index is 2.99. The number of carboxylic acid groups (broad SMARTS) is 1. The number of alkyl halides is 4. The Hall–Kier alpha value is -2.19. The normalized spacial score (nSPS) is 11.4. The summed E-state index contributed by atoms with van der Waals surface area (Å²) in [5.41, 5.74) is -1.13. The van der Waals surface area contributed by atoms with Crippen LogP contribution in [0.5, 0.6) is 0 Å². The smallest absolute Gasteiger partial charge is 0.383 e. The Morgan fingerprint density at radius 1 is 1.39 bits per heavy atom. The summed E-state index contributed by atoms with van der Waals surface area (Å²) in [6.07, 6.45) is -2.38. The van der Waals surface area contributed by atoms with Crippen molar-refractivity contribution in [2.75, 3.05) is 5.32 Å². The third-order valence-electron chi connectivity index (χ3n) is 1.88. The molecule has 0 bridgehead atoms. The molecule has 0 aliphatic heterocycles. The highest BCUT2D eigenvalue weighted by atomic mass is 19.3. The number of aromatic carboxylic acids is 1. The Bertz CT molecular complexity index is 479. The van der Waals surface area contributed by atoms with E-state index in [9.17, 15) is 27.2 Å². The molecule has 0 spiro atoms. The van der Waals surface area contributed by atoms with E-state index in [1.165, 1.54) is 5.32 Å². The summed E-state index contributed by atoms with van der Waals surface area (Å²) in [6, 6.07) is 0.929. The molecular formula is C9H6F4N2O3. The number of carbonyl (C=O) groups excluding carboxylic acids is 1. The lowest BCUT2D eigenvalue weighted by Gasteiger charge is -2.15. The molecule has 0 aliphatic carbocycles. The first-order valence-electron chi connectivity index (χ1n) is 4.41. The van der Waals surface area contributed by atoms with E-state index in [0.29, 0.717) is 0 Å². The highest BCUT2D eigenvalue weighted by Gasteiger charge is 2.49. The van der Waals surface area contributed by atoms with Gasteiger partial charge >= 0.3 is 24.2 Å². The van der Waals surface area contributed by atoms with Crippen LogP contribution in [0.2, 0.25) is 0 Å². The van der Waals surface area contributed by atoms with Gasteiger partial charge in [0.25, 0.3) is 0 Å². The zero-order valence-electron chi connectivity index (χ0n) is 8.53. The van der Waals surface area contributed by atoms with Crippen LogP contribution in [0.3, 0.4) is 0 Å². The van der Waals surface area contributed by atoms with Gasteiger partial charge in [-0.05, 0) is 6.07 Å². The van der Waals surface area contributed by atoms with Gasteiger partial charge in [0.15, 0.2) is 0 Å². The van der Waals surface area contributed by atoms with E-state index < -0.39 is 35.5 Å². The number of carbonyl (C=O) groups is 2. The van der Waals surface area contributed by atoms with Crippen LogP contribution in [0.15, 0.2) is 18.5 Å². The minimum absolute atomic E-state index is 0.539. The van der Waals surface area contributed by atoms with Crippen LogP contribution in [0.4, 0.5) is 23.2 Å². The number of anilines is 1. The summed E-state index contributed by atoms with van der Waals surface area (Å²) < 4.78 is 49.0. The van der Waals surface area contributed by atoms with Crippen molar-refractivity contribution in [3.8, 4) is 0 Å². The van der Waals surface area contributed by atoms with Gasteiger partial charge in [0.05, 0.1) is 17.4 Å². The number of hydrogen-bond donors (Lipinski definition) is 2. The maximum Gasteiger partial charge on any atom is 0.383 e. The average molecular weight is 266 g/mol. The Morgan fingerprint density at radius 3 is 2.50 bits per heavy atom. The maximum atomic E-state index is 12.6. The van der Waals surface area contributed by atoms with E-state index in [4.69, 9.17) is 5.11 Å². The van der Waals surface area contributed by atoms with Gasteiger partial charge in [-0.2, -0.15) is 8.78 Å². The predicted molar refractivity (Wildman–Crippen MR) is 50.8 cm³/mol. The molecule has 0 aromatic carbocycles. The lowest BCUT2D eigenvalue weighted by molar-refractivity contribution is -0.163. The van der Waals surface area contributed by atoms with Crippen molar-refractivity contribution in [1.29, 1.82) is 0 Å². The highest BCUT2D eigenvalue weighted by Crippen LogP contribution is 2.25. The van der Waals surface area contributed by atoms with Crippen LogP contribution < -0.4 is 5.32 Å². The molecule has 0 radical (unpaired) electrons. The van der Waals surface area contributed by atoms with Gasteiger partial charge < -0.3 is 10.4 Å². The number of carboxylic acids is 1. The van der Waals surface area contributed by atoms with Crippen molar-refractivity contribution < 1.29 is 32.3 Å². The summed E-state index contributed by atoms with van der Waals surface area (Å²) in [4.78, 5) is 25.0. The SMILES string of the molecule is O=C(O)c1ccncc1NC(=O)C(F)(F)C(F)F. The Morgan fingerprint density at radius 2 is 2.00 bits per heavy atom. The summed E-state index contributed by atoms with van der Waals surface area (Å²) >= 11 is 0. The van der Waals surface area contributed by atoms with Crippen LogP contribution in [0, 0.1) is 0 Å². The van der Waals surface area contributed by atoms with Crippen molar-refractivity contribution in [2.24, 2.45) is 0 Å². The number of aromatic nitrogens is 1. The number of nitrogens with zero attached hydrogens (tertiary/aromatic N) is 1. The van der Waals surface area contributed by atoms with Crippen LogP contribution in [-0.2, 0) is 4.79 Å². The molecule has 98 valence electrons. The number of hydrogen-bond acceptors (Lipinski definition) is 3. The third kappa shape index (κ3) is 2.73. The predicted octanol–water partition coefficient (Wildman–Crippen LogP) is 1.62. The van der Waals surface area contributed by atoms with Gasteiger partial charge in [0.2, 0.25) is 0 Å². The number of halogens is 4. The van der Waals surface area contributed by atoms with Crippen LogP contribution in [0.1, 0.15) is 10.4 Å². The molecular weight excluding hydrogens is 260 g/mol. The lowest BCUT2D eigenvalue weighted by Crippen LogP contribution is -2.41. The summed E-state index contributed by atoms with van der Waals surface area (Å²) in [5, 5.41) is 10.1. The molecule has 0 saturated carbocycles. The van der Waals surface area contributed by atoms with Gasteiger partial charge in [-0.15, -0.1) is 0 Å². The van der Waals surface area contributed by atoms with E-state index in [1.54, 1.807) is 0 Å². The van der Waals surface area contributed by atoms with Crippen molar-refractivity contribution >= 4 is 17.6 Å². The minimum atomic E-state index is -4.91. The maximum absolute atomic E-state index is 12.6. The largest absolute Gasteiger partial charge is 0.478 e. The first kappa shape index (κ1) is 13.9. The van der Waals surface area contributed by atoms with Gasteiger partial charge in [0, 0.05) is 6.20 Å². The molecule has 1 aromatic rings. The monoisotopic (exact) mass is 266 g/mol. The molecule has 0 unspecified atom stereocenters. The zero-order valence-corrected chi connectivity index (χ0v) is 8.53. The number of pyridine rings is 1. The van der Waals surface area contributed by atoms with Crippen molar-refractivity contribution in [3.05, 3.63) is 24.0 Å². The fourth-order valence-electron chi connectivity index (χ4n) is 0.985. The third-order valence-corrected chi connectivity index (χ3v) is 1.88. The van der Waals surface area contributed by atoms with E-state index in [0.717, 1.165) is 18.5 Å². The molecule has 18 heavy (non-hydrogen) atoms. The molecule has 0 fully saturated rings. The molecule has 9 heteroatoms. The first-order chi connectivity index (χ1) is 8.26. The standard InChI is InChI=1S/C9H6F4N2O3/c10-7(11)9(12,13)8(18)15-5-3-14-2-1-4(5)6(16)17/h1-3,7H,(H,15,18)(H,16,17). The van der Waals surface area contributed by atoms with E-state index in [-0.39, 0.29) is 0 Å². The summed E-state index contributed by atoms with van der Waals surface area (Å²) in [5.74, 6) is -8.73. The topological polar surface area (TPSA) is 79.3 Å². The Kier molecular flexibility index (Phi) is 3.84. The molecule has 0 aliphatic rings. The molecule has 5 nitrogen and oxygen atoms in total. The molecule has 1 heterocycles. The fraction of sp³-hybridized carbons (Fsp3) is 0.222. The van der Waals surface area contributed by atoms with Gasteiger partial charge in [-0.3, -0.25) is 9.78 Å². The molecule has 0 atom stereocenters. The molecule has 1 rings (SSSR count). The van der Waals surface area contributed by atoms with Crippen LogP contribution >= 0.6 is 0 Å². The summed E-state index contributed by atoms with van der Waals surface area (Å²) in [6.45, 7) is 0. The lowest BCUT2D eigenvalue weighted by atomic mass is 10.2. The number of nitrogens with one attached hydrogen (secondary N) is 1. The molecule has 2 N–H and O–H groups in total. The quantitative estimate of drug-likeness (QED) is 0.811. The van der Waals surface area contributed by atoms with E-state index >= 15 is 0 Å². The molecule has 1 amide bonds. The highest BCUT2D eigenvalue weighted by molar-refractivity contribution is 6.02. The number of rotatable bonds is 4. The zero-order chi connectivity index (χ0) is 13.9. The van der Waals surface area contributed by atoms with Crippen LogP contribution in [-0.4, -0.2) is 34.3 Å². The van der Waals surface area contributed by atoms with Gasteiger partial charge in [-0.1, -0.05) is 0 Å². The minimum Gasteiger partial charge on any atom is -0.478 e. The molecule has 1 aromatic heterocycles. The second-order valence-electron chi connectivity index (χ2n) is 3.10. The van der Waals surface area contributed by atoms with Crippen molar-refractivity contribution in [2.45, 2.75) is 12.3 Å². The van der Waals surface area contributed by atoms with E-state index in [1.807, 2.05) is 0 Å². The summed E-state index contributed by atoms with van der Waals surface area (Å²) in [7, 11) is 0. The van der Waals surface area contributed by atoms with Crippen LogP contribution in [0.25, 0.3) is 0 Å². The first-order valence-corrected chi connectivity index (χ1v) is 4.41. The van der Waals surface area contributed by atoms with Gasteiger partial charge in [-0.25, -0.2) is 13.6 Å². The van der Waals surface area contributed by atoms with Crippen molar-refractivity contribution in [3.63, 3.8) is 0 Å². The van der Waals surface area contributed by atoms with E-state index in [2.05, 4.69) is 4.98 Å². The second-order valence-corrected chi connectivity index (χ2v) is 3.10. The average Bonchev–Trinajstić information content (AvgIpc) is 2.29. The van der Waals surface area contributed by atoms with Gasteiger partial charge in [0.1, 0.15) is 0 Å². The number of amides is 1. The fourth-order valence-corrected chi connectivity index (χ4v) is 0.985. The second kappa shape index (κ2) is 4.98. The molecule has 0 saturated heterocycles. The van der Waals surface area contributed by atoms with Crippen molar-refractivity contribution in [1.82, 2.24) is 4.98 Å².